The Morgan fingerprint density at radius 2 is 1.75 bits per heavy atom. The van der Waals surface area contributed by atoms with Crippen LogP contribution in [0.4, 0.5) is 0 Å². The molecule has 152 valence electrons. The third-order valence-corrected chi connectivity index (χ3v) is 5.45. The van der Waals surface area contributed by atoms with Crippen molar-refractivity contribution in [3.05, 3.63) is 59.2 Å². The van der Waals surface area contributed by atoms with E-state index in [2.05, 4.69) is 31.2 Å². The zero-order valence-electron chi connectivity index (χ0n) is 17.2. The molecule has 1 aliphatic carbocycles. The summed E-state index contributed by atoms with van der Waals surface area (Å²) in [6.45, 7) is 2.22. The molecule has 0 bridgehead atoms. The summed E-state index contributed by atoms with van der Waals surface area (Å²) in [4.78, 5) is 23.2. The molecule has 0 radical (unpaired) electrons. The number of benzene rings is 1. The molecule has 0 amide bonds. The van der Waals surface area contributed by atoms with E-state index < -0.39 is 5.97 Å². The molecule has 0 aliphatic heterocycles. The second-order valence-electron chi connectivity index (χ2n) is 7.84. The first-order valence-electron chi connectivity index (χ1n) is 10.8. The number of Topliss-reactive ketones (excluding diaryl/α,β-unsaturated/α-hetero) is 1. The Hall–Kier alpha value is -2.16. The highest BCUT2D eigenvalue weighted by molar-refractivity contribution is 6.10. The molecule has 1 aromatic rings. The molecule has 0 saturated carbocycles. The number of ketones is 1. The van der Waals surface area contributed by atoms with E-state index in [1.807, 2.05) is 18.2 Å². The third-order valence-electron chi connectivity index (χ3n) is 5.45. The zero-order valence-corrected chi connectivity index (χ0v) is 17.2. The van der Waals surface area contributed by atoms with Crippen LogP contribution in [0.5, 0.6) is 0 Å². The van der Waals surface area contributed by atoms with E-state index in [1.54, 1.807) is 0 Å². The van der Waals surface area contributed by atoms with Gasteiger partial charge in [-0.3, -0.25) is 9.59 Å². The summed E-state index contributed by atoms with van der Waals surface area (Å²) in [5.41, 5.74) is 2.86. The third kappa shape index (κ3) is 7.84. The van der Waals surface area contributed by atoms with Crippen LogP contribution >= 0.6 is 0 Å². The minimum absolute atomic E-state index is 0.105. The molecule has 0 fully saturated rings. The number of allylic oxidation sites excluding steroid dienone is 4. The van der Waals surface area contributed by atoms with Crippen molar-refractivity contribution in [3.63, 3.8) is 0 Å². The Morgan fingerprint density at radius 1 is 1.00 bits per heavy atom. The van der Waals surface area contributed by atoms with Crippen LogP contribution in [0.3, 0.4) is 0 Å². The number of carboxylic acids is 1. The van der Waals surface area contributed by atoms with E-state index in [-0.39, 0.29) is 12.2 Å². The fourth-order valence-corrected chi connectivity index (χ4v) is 3.65. The van der Waals surface area contributed by atoms with Gasteiger partial charge in [0.25, 0.3) is 0 Å². The molecular weight excluding hydrogens is 348 g/mol. The smallest absolute Gasteiger partial charge is 0.303 e. The number of hydrogen-bond donors (Lipinski definition) is 1. The highest BCUT2D eigenvalue weighted by Gasteiger charge is 2.15. The van der Waals surface area contributed by atoms with Gasteiger partial charge in [-0.25, -0.2) is 0 Å². The second kappa shape index (κ2) is 12.3. The van der Waals surface area contributed by atoms with Crippen LogP contribution in [0.1, 0.15) is 87.1 Å². The number of aryl methyl sites for hydroxylation is 1. The average Bonchev–Trinajstić information content (AvgIpc) is 2.71. The van der Waals surface area contributed by atoms with Gasteiger partial charge in [0, 0.05) is 17.6 Å². The van der Waals surface area contributed by atoms with Gasteiger partial charge in [-0.1, -0.05) is 81.5 Å². The standard InChI is InChI=1S/C25H34O3/c1-2-3-4-6-9-20-12-16-22(17-13-20)25(28)23-18-14-21(15-19-23)10-7-5-8-11-24(26)27/h12-14,16-19,21H,2-11,15H2,1H3,(H,26,27). The summed E-state index contributed by atoms with van der Waals surface area (Å²) >= 11 is 0. The Morgan fingerprint density at radius 3 is 2.39 bits per heavy atom. The summed E-state index contributed by atoms with van der Waals surface area (Å²) < 4.78 is 0. The number of hydrogen-bond acceptors (Lipinski definition) is 2. The molecule has 0 heterocycles. The van der Waals surface area contributed by atoms with Crippen LogP contribution in [0.2, 0.25) is 0 Å². The quantitative estimate of drug-likeness (QED) is 0.312. The number of carbonyl (C=O) groups is 2. The molecule has 1 aliphatic rings. The Balaban J connectivity index is 1.75. The Labute approximate surface area is 169 Å². The average molecular weight is 383 g/mol. The maximum absolute atomic E-state index is 12.7. The summed E-state index contributed by atoms with van der Waals surface area (Å²) in [5, 5.41) is 8.66. The van der Waals surface area contributed by atoms with Crippen molar-refractivity contribution >= 4 is 11.8 Å². The van der Waals surface area contributed by atoms with Crippen molar-refractivity contribution in [2.45, 2.75) is 77.6 Å². The minimum atomic E-state index is -0.715. The molecule has 0 aromatic heterocycles. The highest BCUT2D eigenvalue weighted by Crippen LogP contribution is 2.24. The lowest BCUT2D eigenvalue weighted by atomic mass is 9.89. The van der Waals surface area contributed by atoms with Crippen molar-refractivity contribution < 1.29 is 14.7 Å². The van der Waals surface area contributed by atoms with Crippen LogP contribution in [-0.2, 0) is 11.2 Å². The van der Waals surface area contributed by atoms with Crippen LogP contribution in [0, 0.1) is 5.92 Å². The van der Waals surface area contributed by atoms with Crippen LogP contribution in [0.25, 0.3) is 0 Å². The van der Waals surface area contributed by atoms with E-state index in [9.17, 15) is 9.59 Å². The number of carboxylic acid groups (broad SMARTS) is 1. The van der Waals surface area contributed by atoms with Crippen molar-refractivity contribution in [2.75, 3.05) is 0 Å². The zero-order chi connectivity index (χ0) is 20.2. The summed E-state index contributed by atoms with van der Waals surface area (Å²) in [7, 11) is 0. The molecule has 0 spiro atoms. The summed E-state index contributed by atoms with van der Waals surface area (Å²) in [6.07, 6.45) is 17.2. The Bertz CT molecular complexity index is 682. The Kier molecular flexibility index (Phi) is 9.74. The molecule has 0 saturated heterocycles. The lowest BCUT2D eigenvalue weighted by Gasteiger charge is -2.15. The molecular formula is C25H34O3. The number of rotatable bonds is 13. The van der Waals surface area contributed by atoms with Gasteiger partial charge >= 0.3 is 5.97 Å². The first kappa shape index (κ1) is 22.1. The van der Waals surface area contributed by atoms with Crippen molar-refractivity contribution in [3.8, 4) is 0 Å². The van der Waals surface area contributed by atoms with Crippen molar-refractivity contribution in [2.24, 2.45) is 5.92 Å². The van der Waals surface area contributed by atoms with E-state index in [4.69, 9.17) is 5.11 Å². The molecule has 2 rings (SSSR count). The van der Waals surface area contributed by atoms with Crippen molar-refractivity contribution in [1.82, 2.24) is 0 Å². The van der Waals surface area contributed by atoms with Gasteiger partial charge in [0.1, 0.15) is 0 Å². The van der Waals surface area contributed by atoms with Crippen LogP contribution in [-0.4, -0.2) is 16.9 Å². The number of aliphatic carboxylic acids is 1. The second-order valence-corrected chi connectivity index (χ2v) is 7.84. The topological polar surface area (TPSA) is 54.4 Å². The van der Waals surface area contributed by atoms with Crippen molar-refractivity contribution in [1.29, 1.82) is 0 Å². The largest absolute Gasteiger partial charge is 0.481 e. The maximum atomic E-state index is 12.7. The summed E-state index contributed by atoms with van der Waals surface area (Å²) in [5.74, 6) is -0.145. The normalized spacial score (nSPS) is 16.0. The summed E-state index contributed by atoms with van der Waals surface area (Å²) in [6, 6.07) is 8.10. The fraction of sp³-hybridized carbons (Fsp3) is 0.520. The van der Waals surface area contributed by atoms with Gasteiger partial charge < -0.3 is 5.11 Å². The van der Waals surface area contributed by atoms with Gasteiger partial charge in [-0.2, -0.15) is 0 Å². The fourth-order valence-electron chi connectivity index (χ4n) is 3.65. The molecule has 1 N–H and O–H groups in total. The van der Waals surface area contributed by atoms with Gasteiger partial charge in [0.15, 0.2) is 5.78 Å². The monoisotopic (exact) mass is 382 g/mol. The molecule has 28 heavy (non-hydrogen) atoms. The number of carbonyl (C=O) groups excluding carboxylic acids is 1. The first-order valence-corrected chi connectivity index (χ1v) is 10.8. The molecule has 1 atom stereocenters. The maximum Gasteiger partial charge on any atom is 0.303 e. The lowest BCUT2D eigenvalue weighted by molar-refractivity contribution is -0.137. The van der Waals surface area contributed by atoms with Crippen LogP contribution < -0.4 is 0 Å². The van der Waals surface area contributed by atoms with Gasteiger partial charge in [-0.15, -0.1) is 0 Å². The van der Waals surface area contributed by atoms with E-state index >= 15 is 0 Å². The van der Waals surface area contributed by atoms with Gasteiger partial charge in [0.05, 0.1) is 0 Å². The van der Waals surface area contributed by atoms with Crippen LogP contribution in [0.15, 0.2) is 48.1 Å². The highest BCUT2D eigenvalue weighted by atomic mass is 16.4. The first-order chi connectivity index (χ1) is 13.6. The number of unbranched alkanes of at least 4 members (excludes halogenated alkanes) is 5. The predicted molar refractivity (Wildman–Crippen MR) is 115 cm³/mol. The molecule has 3 heteroatoms. The minimum Gasteiger partial charge on any atom is -0.481 e. The van der Waals surface area contributed by atoms with E-state index in [0.29, 0.717) is 5.92 Å². The van der Waals surface area contributed by atoms with Gasteiger partial charge in [-0.05, 0) is 43.6 Å². The predicted octanol–water partition coefficient (Wildman–Crippen LogP) is 6.53. The molecule has 1 aromatic carbocycles. The molecule has 1 unspecified atom stereocenters. The SMILES string of the molecule is CCCCCCc1ccc(C(=O)C2=CCC(CCCCCC(=O)O)C=C2)cc1. The van der Waals surface area contributed by atoms with E-state index in [0.717, 1.165) is 49.7 Å². The van der Waals surface area contributed by atoms with E-state index in [1.165, 1.54) is 31.2 Å². The van der Waals surface area contributed by atoms with Gasteiger partial charge in [0.2, 0.25) is 0 Å². The molecule has 3 nitrogen and oxygen atoms in total. The lowest BCUT2D eigenvalue weighted by Crippen LogP contribution is -2.07.